The van der Waals surface area contributed by atoms with Crippen LogP contribution in [0.5, 0.6) is 5.75 Å². The molecule has 3 rings (SSSR count). The summed E-state index contributed by atoms with van der Waals surface area (Å²) in [5.74, 6) is 1.52. The molecule has 5 nitrogen and oxygen atoms in total. The first kappa shape index (κ1) is 14.0. The van der Waals surface area contributed by atoms with Crippen LogP contribution in [0.4, 0.5) is 0 Å². The Kier molecular flexibility index (Phi) is 4.17. The molecule has 1 aromatic carbocycles. The summed E-state index contributed by atoms with van der Waals surface area (Å²) in [5.41, 5.74) is 0.792. The minimum absolute atomic E-state index is 0.174. The molecular weight excluding hydrogens is 358 g/mol. The Bertz CT molecular complexity index is 749. The predicted molar refractivity (Wildman–Crippen MR) is 81.0 cm³/mol. The molecule has 0 spiro atoms. The van der Waals surface area contributed by atoms with Gasteiger partial charge in [-0.05, 0) is 46.3 Å². The van der Waals surface area contributed by atoms with E-state index in [-0.39, 0.29) is 6.61 Å². The van der Waals surface area contributed by atoms with Crippen molar-refractivity contribution in [3.8, 4) is 17.1 Å². The minimum Gasteiger partial charge on any atom is -0.483 e. The quantitative estimate of drug-likeness (QED) is 0.695. The number of hydrogen-bond donors (Lipinski definition) is 0. The summed E-state index contributed by atoms with van der Waals surface area (Å²) in [4.78, 5) is 8.27. The van der Waals surface area contributed by atoms with Crippen LogP contribution in [-0.4, -0.2) is 15.1 Å². The summed E-state index contributed by atoms with van der Waals surface area (Å²) >= 11 is 9.25. The molecule has 0 radical (unpaired) electrons. The molecule has 0 aliphatic rings. The second-order valence-corrected chi connectivity index (χ2v) is 5.41. The van der Waals surface area contributed by atoms with Gasteiger partial charge >= 0.3 is 0 Å². The van der Waals surface area contributed by atoms with Crippen molar-refractivity contribution in [2.24, 2.45) is 0 Å². The fourth-order valence-electron chi connectivity index (χ4n) is 1.66. The molecule has 0 amide bonds. The second-order valence-electron chi connectivity index (χ2n) is 4.12. The van der Waals surface area contributed by atoms with Gasteiger partial charge in [0.1, 0.15) is 5.75 Å². The molecule has 106 valence electrons. The molecule has 7 heteroatoms. The molecule has 2 aromatic heterocycles. The average Bonchev–Trinajstić information content (AvgIpc) is 2.96. The van der Waals surface area contributed by atoms with E-state index in [0.717, 1.165) is 10.0 Å². The topological polar surface area (TPSA) is 61.0 Å². The van der Waals surface area contributed by atoms with Crippen LogP contribution >= 0.6 is 27.5 Å². The van der Waals surface area contributed by atoms with Crippen molar-refractivity contribution < 1.29 is 9.26 Å². The molecule has 2 heterocycles. The molecule has 0 aliphatic carbocycles. The van der Waals surface area contributed by atoms with Crippen molar-refractivity contribution in [3.63, 3.8) is 0 Å². The lowest BCUT2D eigenvalue weighted by atomic mass is 10.3. The molecule has 0 N–H and O–H groups in total. The number of rotatable bonds is 4. The van der Waals surface area contributed by atoms with Crippen LogP contribution in [0.15, 0.2) is 51.7 Å². The first-order valence-electron chi connectivity index (χ1n) is 6.03. The van der Waals surface area contributed by atoms with Gasteiger partial charge in [0, 0.05) is 23.0 Å². The first-order chi connectivity index (χ1) is 10.2. The fraction of sp³-hybridized carbons (Fsp3) is 0.0714. The van der Waals surface area contributed by atoms with E-state index in [2.05, 4.69) is 31.1 Å². The summed E-state index contributed by atoms with van der Waals surface area (Å²) in [6.45, 7) is 0.174. The molecule has 0 bridgehead atoms. The monoisotopic (exact) mass is 365 g/mol. The van der Waals surface area contributed by atoms with Crippen LogP contribution in [0.2, 0.25) is 5.02 Å². The Morgan fingerprint density at radius 2 is 2.19 bits per heavy atom. The second kappa shape index (κ2) is 6.24. The Morgan fingerprint density at radius 1 is 1.29 bits per heavy atom. The highest BCUT2D eigenvalue weighted by molar-refractivity contribution is 9.10. The van der Waals surface area contributed by atoms with Crippen molar-refractivity contribution in [1.29, 1.82) is 0 Å². The van der Waals surface area contributed by atoms with Crippen molar-refractivity contribution in [2.75, 3.05) is 0 Å². The molecule has 0 saturated carbocycles. The van der Waals surface area contributed by atoms with Crippen LogP contribution < -0.4 is 4.74 Å². The number of benzene rings is 1. The highest BCUT2D eigenvalue weighted by atomic mass is 79.9. The summed E-state index contributed by atoms with van der Waals surface area (Å²) in [6, 6.07) is 8.94. The summed E-state index contributed by atoms with van der Waals surface area (Å²) < 4.78 is 11.5. The molecule has 0 atom stereocenters. The smallest absolute Gasteiger partial charge is 0.264 e. The van der Waals surface area contributed by atoms with Gasteiger partial charge in [-0.2, -0.15) is 4.98 Å². The van der Waals surface area contributed by atoms with E-state index in [0.29, 0.717) is 22.5 Å². The van der Waals surface area contributed by atoms with E-state index in [1.807, 2.05) is 12.1 Å². The number of pyridine rings is 1. The van der Waals surface area contributed by atoms with Crippen molar-refractivity contribution in [2.45, 2.75) is 6.61 Å². The number of nitrogens with zero attached hydrogens (tertiary/aromatic N) is 3. The van der Waals surface area contributed by atoms with E-state index in [1.165, 1.54) is 0 Å². The standard InChI is InChI=1S/C14H9BrClN3O2/c15-11-6-10(16)3-4-12(11)20-8-13-18-14(19-21-13)9-2-1-5-17-7-9/h1-7H,8H2. The lowest BCUT2D eigenvalue weighted by Gasteiger charge is -2.05. The largest absolute Gasteiger partial charge is 0.483 e. The number of aromatic nitrogens is 3. The third kappa shape index (κ3) is 3.40. The lowest BCUT2D eigenvalue weighted by Crippen LogP contribution is -1.96. The molecule has 0 aliphatic heterocycles. The highest BCUT2D eigenvalue weighted by Gasteiger charge is 2.10. The van der Waals surface area contributed by atoms with Crippen LogP contribution in [0.1, 0.15) is 5.89 Å². The molecule has 0 fully saturated rings. The van der Waals surface area contributed by atoms with Gasteiger partial charge in [0.25, 0.3) is 5.89 Å². The van der Waals surface area contributed by atoms with Gasteiger partial charge in [-0.3, -0.25) is 4.98 Å². The molecular formula is C14H9BrClN3O2. The lowest BCUT2D eigenvalue weighted by molar-refractivity contribution is 0.242. The van der Waals surface area contributed by atoms with Crippen molar-refractivity contribution in [1.82, 2.24) is 15.1 Å². The minimum atomic E-state index is 0.174. The third-order valence-corrected chi connectivity index (χ3v) is 3.49. The van der Waals surface area contributed by atoms with Crippen LogP contribution in [0.25, 0.3) is 11.4 Å². The molecule has 21 heavy (non-hydrogen) atoms. The van der Waals surface area contributed by atoms with Gasteiger partial charge < -0.3 is 9.26 Å². The summed E-state index contributed by atoms with van der Waals surface area (Å²) in [5, 5.41) is 4.53. The zero-order valence-electron chi connectivity index (χ0n) is 10.7. The van der Waals surface area contributed by atoms with Gasteiger partial charge in [0.2, 0.25) is 5.82 Å². The SMILES string of the molecule is Clc1ccc(OCc2nc(-c3cccnc3)no2)c(Br)c1. The van der Waals surface area contributed by atoms with Gasteiger partial charge in [0.15, 0.2) is 6.61 Å². The number of ether oxygens (including phenoxy) is 1. The molecule has 0 saturated heterocycles. The zero-order chi connectivity index (χ0) is 14.7. The predicted octanol–water partition coefficient (Wildman–Crippen LogP) is 4.13. The normalized spacial score (nSPS) is 10.6. The van der Waals surface area contributed by atoms with Crippen LogP contribution in [0.3, 0.4) is 0 Å². The van der Waals surface area contributed by atoms with E-state index in [1.54, 1.807) is 30.6 Å². The van der Waals surface area contributed by atoms with Gasteiger partial charge in [0.05, 0.1) is 4.47 Å². The Morgan fingerprint density at radius 3 is 2.95 bits per heavy atom. The zero-order valence-corrected chi connectivity index (χ0v) is 13.0. The van der Waals surface area contributed by atoms with Gasteiger partial charge in [-0.15, -0.1) is 0 Å². The van der Waals surface area contributed by atoms with Crippen LogP contribution in [0, 0.1) is 0 Å². The Hall–Kier alpha value is -1.92. The molecule has 3 aromatic rings. The number of hydrogen-bond acceptors (Lipinski definition) is 5. The number of halogens is 2. The first-order valence-corrected chi connectivity index (χ1v) is 7.20. The summed E-state index contributed by atoms with van der Waals surface area (Å²) in [6.07, 6.45) is 3.36. The van der Waals surface area contributed by atoms with E-state index < -0.39 is 0 Å². The fourth-order valence-corrected chi connectivity index (χ4v) is 2.45. The maximum atomic E-state index is 5.87. The van der Waals surface area contributed by atoms with Crippen molar-refractivity contribution in [3.05, 3.63) is 58.1 Å². The Balaban J connectivity index is 1.70. The third-order valence-electron chi connectivity index (χ3n) is 2.63. The Labute approximate surface area is 134 Å². The van der Waals surface area contributed by atoms with E-state index in [9.17, 15) is 0 Å². The van der Waals surface area contributed by atoms with Gasteiger partial charge in [-0.25, -0.2) is 0 Å². The summed E-state index contributed by atoms with van der Waals surface area (Å²) in [7, 11) is 0. The maximum Gasteiger partial charge on any atom is 0.264 e. The van der Waals surface area contributed by atoms with Gasteiger partial charge in [-0.1, -0.05) is 16.8 Å². The highest BCUT2D eigenvalue weighted by Crippen LogP contribution is 2.28. The van der Waals surface area contributed by atoms with E-state index in [4.69, 9.17) is 20.9 Å². The molecule has 0 unspecified atom stereocenters. The van der Waals surface area contributed by atoms with E-state index >= 15 is 0 Å². The average molecular weight is 367 g/mol. The van der Waals surface area contributed by atoms with Crippen molar-refractivity contribution >= 4 is 27.5 Å². The van der Waals surface area contributed by atoms with Crippen LogP contribution in [-0.2, 0) is 6.61 Å². The maximum absolute atomic E-state index is 5.87.